The van der Waals surface area contributed by atoms with Gasteiger partial charge in [-0.2, -0.15) is 0 Å². The van der Waals surface area contributed by atoms with E-state index in [4.69, 9.17) is 22.1 Å². The van der Waals surface area contributed by atoms with Crippen LogP contribution in [0.15, 0.2) is 18.2 Å². The molecule has 0 saturated carbocycles. The van der Waals surface area contributed by atoms with Gasteiger partial charge in [-0.05, 0) is 25.8 Å². The van der Waals surface area contributed by atoms with Crippen molar-refractivity contribution >= 4 is 23.3 Å². The minimum absolute atomic E-state index is 0.0873. The molecule has 0 aliphatic heterocycles. The number of carbonyl (C=O) groups is 1. The molecule has 0 aromatic heterocycles. The maximum absolute atomic E-state index is 11.4. The maximum atomic E-state index is 11.4. The Morgan fingerprint density at radius 3 is 2.76 bits per heavy atom. The number of carbonyl (C=O) groups excluding carboxylic acids is 1. The van der Waals surface area contributed by atoms with E-state index in [0.29, 0.717) is 17.9 Å². The van der Waals surface area contributed by atoms with Crippen molar-refractivity contribution in [2.45, 2.75) is 25.3 Å². The Labute approximate surface area is 127 Å². The summed E-state index contributed by atoms with van der Waals surface area (Å²) in [5.74, 6) is -0.430. The molecule has 0 radical (unpaired) electrons. The highest BCUT2D eigenvalue weighted by molar-refractivity contribution is 6.30. The highest BCUT2D eigenvalue weighted by Crippen LogP contribution is 2.30. The minimum Gasteiger partial charge on any atom is -0.487 e. The topological polar surface area (TPSA) is 105 Å². The Kier molecular flexibility index (Phi) is 5.92. The van der Waals surface area contributed by atoms with E-state index < -0.39 is 16.4 Å². The zero-order valence-corrected chi connectivity index (χ0v) is 12.6. The monoisotopic (exact) mass is 316 g/mol. The number of esters is 1. The number of nitrogens with two attached hydrogens (primary N) is 1. The average Bonchev–Trinajstić information content (AvgIpc) is 2.42. The predicted molar refractivity (Wildman–Crippen MR) is 77.4 cm³/mol. The summed E-state index contributed by atoms with van der Waals surface area (Å²) in [6.45, 7) is 1.73. The second kappa shape index (κ2) is 7.24. The largest absolute Gasteiger partial charge is 0.487 e. The van der Waals surface area contributed by atoms with Gasteiger partial charge < -0.3 is 15.2 Å². The zero-order chi connectivity index (χ0) is 16.0. The van der Waals surface area contributed by atoms with Crippen molar-refractivity contribution in [1.29, 1.82) is 0 Å². The average molecular weight is 317 g/mol. The second-order valence-corrected chi connectivity index (χ2v) is 5.17. The molecule has 1 aromatic carbocycles. The quantitative estimate of drug-likeness (QED) is 0.358. The first-order valence-electron chi connectivity index (χ1n) is 6.22. The number of hydrogen-bond donors (Lipinski definition) is 1. The number of hydrogen-bond acceptors (Lipinski definition) is 6. The van der Waals surface area contributed by atoms with E-state index in [-0.39, 0.29) is 18.0 Å². The van der Waals surface area contributed by atoms with Crippen LogP contribution in [0.5, 0.6) is 5.75 Å². The summed E-state index contributed by atoms with van der Waals surface area (Å²) in [4.78, 5) is 21.7. The minimum atomic E-state index is -1.11. The van der Waals surface area contributed by atoms with Crippen molar-refractivity contribution in [2.24, 2.45) is 5.73 Å². The maximum Gasteiger partial charge on any atom is 0.325 e. The molecule has 1 rings (SSSR count). The number of nitro groups is 1. The van der Waals surface area contributed by atoms with Crippen LogP contribution in [0, 0.1) is 10.1 Å². The van der Waals surface area contributed by atoms with Crippen molar-refractivity contribution in [2.75, 3.05) is 13.7 Å². The van der Waals surface area contributed by atoms with Crippen LogP contribution in [0.4, 0.5) is 5.69 Å². The normalized spacial score (nSPS) is 13.3. The molecule has 0 saturated heterocycles. The number of nitrogens with zero attached hydrogens (tertiary/aromatic N) is 1. The lowest BCUT2D eigenvalue weighted by Gasteiger charge is -2.21. The third kappa shape index (κ3) is 4.87. The number of ether oxygens (including phenoxy) is 2. The molecule has 0 aliphatic carbocycles. The summed E-state index contributed by atoms with van der Waals surface area (Å²) in [6, 6.07) is 4.07. The molecular weight excluding hydrogens is 300 g/mol. The van der Waals surface area contributed by atoms with Crippen LogP contribution in [0.3, 0.4) is 0 Å². The first-order chi connectivity index (χ1) is 9.77. The van der Waals surface area contributed by atoms with Crippen LogP contribution >= 0.6 is 11.6 Å². The number of rotatable bonds is 7. The van der Waals surface area contributed by atoms with E-state index in [1.165, 1.54) is 25.3 Å². The van der Waals surface area contributed by atoms with Gasteiger partial charge in [-0.15, -0.1) is 0 Å². The molecule has 0 amide bonds. The highest BCUT2D eigenvalue weighted by Gasteiger charge is 2.28. The van der Waals surface area contributed by atoms with Gasteiger partial charge in [0.05, 0.1) is 18.6 Å². The summed E-state index contributed by atoms with van der Waals surface area (Å²) < 4.78 is 9.94. The summed E-state index contributed by atoms with van der Waals surface area (Å²) >= 11 is 5.78. The fourth-order valence-corrected chi connectivity index (χ4v) is 1.87. The molecule has 21 heavy (non-hydrogen) atoms. The first-order valence-corrected chi connectivity index (χ1v) is 6.60. The Morgan fingerprint density at radius 2 is 2.19 bits per heavy atom. The van der Waals surface area contributed by atoms with Crippen LogP contribution in [-0.4, -0.2) is 30.1 Å². The van der Waals surface area contributed by atoms with Crippen molar-refractivity contribution in [1.82, 2.24) is 0 Å². The lowest BCUT2D eigenvalue weighted by Crippen LogP contribution is -2.45. The SMILES string of the molecule is COC(=O)C(C)(N)CCCOc1cc(Cl)ccc1[N+](=O)[O-]. The first kappa shape index (κ1) is 17.2. The molecule has 8 heteroatoms. The van der Waals surface area contributed by atoms with Gasteiger partial charge in [0.1, 0.15) is 5.54 Å². The summed E-state index contributed by atoms with van der Waals surface area (Å²) in [5.41, 5.74) is 4.52. The highest BCUT2D eigenvalue weighted by atomic mass is 35.5. The molecule has 1 unspecified atom stereocenters. The van der Waals surface area contributed by atoms with E-state index in [9.17, 15) is 14.9 Å². The Morgan fingerprint density at radius 1 is 1.52 bits per heavy atom. The number of benzene rings is 1. The zero-order valence-electron chi connectivity index (χ0n) is 11.8. The molecule has 1 aromatic rings. The molecule has 0 heterocycles. The number of methoxy groups -OCH3 is 1. The molecule has 1 atom stereocenters. The van der Waals surface area contributed by atoms with Gasteiger partial charge in [0.2, 0.25) is 0 Å². The van der Waals surface area contributed by atoms with Gasteiger partial charge >= 0.3 is 11.7 Å². The molecule has 7 nitrogen and oxygen atoms in total. The van der Waals surface area contributed by atoms with Gasteiger partial charge in [0, 0.05) is 17.2 Å². The fourth-order valence-electron chi connectivity index (χ4n) is 1.71. The van der Waals surface area contributed by atoms with Gasteiger partial charge in [0.15, 0.2) is 5.75 Å². The van der Waals surface area contributed by atoms with Crippen LogP contribution in [0.2, 0.25) is 5.02 Å². The van der Waals surface area contributed by atoms with E-state index in [2.05, 4.69) is 4.74 Å². The predicted octanol–water partition coefficient (Wildman–Crippen LogP) is 2.30. The second-order valence-electron chi connectivity index (χ2n) is 4.73. The van der Waals surface area contributed by atoms with Crippen molar-refractivity contribution < 1.29 is 19.2 Å². The summed E-state index contributed by atoms with van der Waals surface area (Å²) in [6.07, 6.45) is 0.764. The van der Waals surface area contributed by atoms with E-state index >= 15 is 0 Å². The smallest absolute Gasteiger partial charge is 0.325 e. The third-order valence-electron chi connectivity index (χ3n) is 2.87. The molecule has 0 fully saturated rings. The van der Waals surface area contributed by atoms with Gasteiger partial charge in [-0.1, -0.05) is 11.6 Å². The van der Waals surface area contributed by atoms with E-state index in [0.717, 1.165) is 0 Å². The standard InChI is InChI=1S/C13H17ClN2O5/c1-13(15,12(17)20-2)6-3-7-21-11-8-9(14)4-5-10(11)16(18)19/h4-5,8H,3,6-7,15H2,1-2H3. The van der Waals surface area contributed by atoms with Gasteiger partial charge in [-0.25, -0.2) is 0 Å². The van der Waals surface area contributed by atoms with Gasteiger partial charge in [-0.3, -0.25) is 14.9 Å². The third-order valence-corrected chi connectivity index (χ3v) is 3.10. The van der Waals surface area contributed by atoms with Crippen molar-refractivity contribution in [3.05, 3.63) is 33.3 Å². The van der Waals surface area contributed by atoms with Crippen LogP contribution in [-0.2, 0) is 9.53 Å². The molecule has 0 bridgehead atoms. The van der Waals surface area contributed by atoms with Crippen LogP contribution in [0.1, 0.15) is 19.8 Å². The number of nitro benzene ring substituents is 1. The summed E-state index contributed by atoms with van der Waals surface area (Å²) in [7, 11) is 1.26. The fraction of sp³-hybridized carbons (Fsp3) is 0.462. The molecular formula is C13H17ClN2O5. The Hall–Kier alpha value is -1.86. The van der Waals surface area contributed by atoms with Gasteiger partial charge in [0.25, 0.3) is 0 Å². The van der Waals surface area contributed by atoms with E-state index in [1.54, 1.807) is 6.92 Å². The molecule has 116 valence electrons. The van der Waals surface area contributed by atoms with E-state index in [1.807, 2.05) is 0 Å². The Balaban J connectivity index is 2.59. The molecule has 0 spiro atoms. The molecule has 2 N–H and O–H groups in total. The summed E-state index contributed by atoms with van der Waals surface area (Å²) in [5, 5.41) is 11.2. The van der Waals surface area contributed by atoms with Crippen molar-refractivity contribution in [3.8, 4) is 5.75 Å². The lowest BCUT2D eigenvalue weighted by atomic mass is 9.98. The van der Waals surface area contributed by atoms with Crippen LogP contribution < -0.4 is 10.5 Å². The number of halogens is 1. The Bertz CT molecular complexity index is 533. The van der Waals surface area contributed by atoms with Crippen molar-refractivity contribution in [3.63, 3.8) is 0 Å². The lowest BCUT2D eigenvalue weighted by molar-refractivity contribution is -0.385. The molecule has 0 aliphatic rings. The van der Waals surface area contributed by atoms with Crippen LogP contribution in [0.25, 0.3) is 0 Å².